The summed E-state index contributed by atoms with van der Waals surface area (Å²) in [7, 11) is 0. The minimum atomic E-state index is -0.899. The molecule has 120 valence electrons. The molecule has 2 atom stereocenters. The van der Waals surface area contributed by atoms with Crippen LogP contribution in [0, 0.1) is 5.92 Å². The number of carboxylic acids is 1. The summed E-state index contributed by atoms with van der Waals surface area (Å²) in [5, 5.41) is 9.80. The lowest BCUT2D eigenvalue weighted by Crippen LogP contribution is -2.39. The van der Waals surface area contributed by atoms with Crippen LogP contribution < -0.4 is 0 Å². The normalized spacial score (nSPS) is 20.0. The molecule has 1 aromatic carbocycles. The average Bonchev–Trinajstić information content (AvgIpc) is 3.21. The standard InChI is InChI=1S/C16H19Cl2NO3/c1-9(2)19(7-6-14(20)21)16(22)12-8-11(12)10-4-3-5-13(17)15(10)18/h3-5,9,11-12H,6-8H2,1-2H3,(H,20,21). The summed E-state index contributed by atoms with van der Waals surface area (Å²) in [6.45, 7) is 4.02. The van der Waals surface area contributed by atoms with Crippen LogP contribution in [0.3, 0.4) is 0 Å². The van der Waals surface area contributed by atoms with Crippen LogP contribution in [0.5, 0.6) is 0 Å². The first kappa shape index (κ1) is 17.1. The van der Waals surface area contributed by atoms with Crippen molar-refractivity contribution in [2.24, 2.45) is 5.92 Å². The van der Waals surface area contributed by atoms with Gasteiger partial charge in [0.1, 0.15) is 0 Å². The summed E-state index contributed by atoms with van der Waals surface area (Å²) in [6, 6.07) is 5.42. The molecule has 6 heteroatoms. The van der Waals surface area contributed by atoms with Gasteiger partial charge in [-0.2, -0.15) is 0 Å². The molecule has 1 saturated carbocycles. The second-order valence-corrected chi connectivity index (χ2v) is 6.65. The molecule has 0 bridgehead atoms. The van der Waals surface area contributed by atoms with E-state index in [0.717, 1.165) is 12.0 Å². The van der Waals surface area contributed by atoms with Crippen LogP contribution in [-0.2, 0) is 9.59 Å². The van der Waals surface area contributed by atoms with Crippen LogP contribution in [0.1, 0.15) is 38.2 Å². The van der Waals surface area contributed by atoms with Gasteiger partial charge in [-0.1, -0.05) is 35.3 Å². The minimum absolute atomic E-state index is 0.00251. The zero-order valence-corrected chi connectivity index (χ0v) is 14.1. The van der Waals surface area contributed by atoms with Crippen LogP contribution in [0.25, 0.3) is 0 Å². The Balaban J connectivity index is 2.07. The largest absolute Gasteiger partial charge is 0.481 e. The monoisotopic (exact) mass is 343 g/mol. The molecule has 0 aromatic heterocycles. The lowest BCUT2D eigenvalue weighted by molar-refractivity contribution is -0.139. The maximum atomic E-state index is 12.6. The van der Waals surface area contributed by atoms with Gasteiger partial charge >= 0.3 is 5.97 Å². The predicted molar refractivity (Wildman–Crippen MR) is 86.4 cm³/mol. The number of carboxylic acid groups (broad SMARTS) is 1. The van der Waals surface area contributed by atoms with Crippen LogP contribution in [0.2, 0.25) is 10.0 Å². The summed E-state index contributed by atoms with van der Waals surface area (Å²) in [5.41, 5.74) is 0.898. The molecule has 0 spiro atoms. The Hall–Kier alpha value is -1.26. The van der Waals surface area contributed by atoms with Gasteiger partial charge in [-0.25, -0.2) is 0 Å². The summed E-state index contributed by atoms with van der Waals surface area (Å²) in [5.74, 6) is -0.960. The van der Waals surface area contributed by atoms with Gasteiger partial charge < -0.3 is 10.0 Å². The van der Waals surface area contributed by atoms with Crippen molar-refractivity contribution in [2.45, 2.75) is 38.6 Å². The maximum absolute atomic E-state index is 12.6. The number of hydrogen-bond acceptors (Lipinski definition) is 2. The third-order valence-electron chi connectivity index (χ3n) is 3.96. The third-order valence-corrected chi connectivity index (χ3v) is 4.80. The zero-order chi connectivity index (χ0) is 16.4. The van der Waals surface area contributed by atoms with Crippen LogP contribution >= 0.6 is 23.2 Å². The van der Waals surface area contributed by atoms with Gasteiger partial charge in [-0.3, -0.25) is 9.59 Å². The van der Waals surface area contributed by atoms with Crippen LogP contribution in [0.4, 0.5) is 0 Å². The zero-order valence-electron chi connectivity index (χ0n) is 12.6. The first-order chi connectivity index (χ1) is 10.3. The highest BCUT2D eigenvalue weighted by atomic mass is 35.5. The van der Waals surface area contributed by atoms with Crippen LogP contribution in [-0.4, -0.2) is 34.5 Å². The topological polar surface area (TPSA) is 57.6 Å². The summed E-state index contributed by atoms with van der Waals surface area (Å²) in [4.78, 5) is 25.0. The smallest absolute Gasteiger partial charge is 0.305 e. The molecule has 0 saturated heterocycles. The molecule has 1 fully saturated rings. The second-order valence-electron chi connectivity index (χ2n) is 5.86. The Morgan fingerprint density at radius 2 is 2.05 bits per heavy atom. The van der Waals surface area contributed by atoms with E-state index < -0.39 is 5.97 Å². The quantitative estimate of drug-likeness (QED) is 0.854. The number of carbonyl (C=O) groups is 2. The second kappa shape index (κ2) is 6.88. The van der Waals surface area contributed by atoms with E-state index in [1.54, 1.807) is 11.0 Å². The fourth-order valence-corrected chi connectivity index (χ4v) is 3.12. The number of nitrogens with zero attached hydrogens (tertiary/aromatic N) is 1. The number of halogens is 2. The summed E-state index contributed by atoms with van der Waals surface area (Å²) in [6.07, 6.45) is 0.689. The van der Waals surface area contributed by atoms with Gasteiger partial charge in [-0.15, -0.1) is 0 Å². The molecule has 1 aliphatic carbocycles. The Bertz CT molecular complexity index is 589. The highest BCUT2D eigenvalue weighted by Crippen LogP contribution is 2.51. The number of carbonyl (C=O) groups excluding carboxylic acids is 1. The van der Waals surface area contributed by atoms with Crippen molar-refractivity contribution >= 4 is 35.1 Å². The van der Waals surface area contributed by atoms with Gasteiger partial charge in [-0.05, 0) is 37.8 Å². The van der Waals surface area contributed by atoms with Gasteiger partial charge in [0, 0.05) is 18.5 Å². The fourth-order valence-electron chi connectivity index (χ4n) is 2.67. The number of aliphatic carboxylic acids is 1. The average molecular weight is 344 g/mol. The Morgan fingerprint density at radius 3 is 2.64 bits per heavy atom. The van der Waals surface area contributed by atoms with Crippen molar-refractivity contribution in [3.63, 3.8) is 0 Å². The molecular formula is C16H19Cl2NO3. The lowest BCUT2D eigenvalue weighted by Gasteiger charge is -2.26. The molecule has 1 amide bonds. The Labute approximate surface area is 140 Å². The van der Waals surface area contributed by atoms with Gasteiger partial charge in [0.25, 0.3) is 0 Å². The van der Waals surface area contributed by atoms with E-state index in [1.165, 1.54) is 0 Å². The Morgan fingerprint density at radius 1 is 1.36 bits per heavy atom. The Kier molecular flexibility index (Phi) is 5.35. The first-order valence-electron chi connectivity index (χ1n) is 7.29. The van der Waals surface area contributed by atoms with Crippen molar-refractivity contribution in [3.05, 3.63) is 33.8 Å². The van der Waals surface area contributed by atoms with E-state index in [0.29, 0.717) is 10.0 Å². The number of rotatable bonds is 6. The van der Waals surface area contributed by atoms with Crippen LogP contribution in [0.15, 0.2) is 18.2 Å². The van der Waals surface area contributed by atoms with Gasteiger partial charge in [0.15, 0.2) is 0 Å². The van der Waals surface area contributed by atoms with Crippen molar-refractivity contribution in [1.29, 1.82) is 0 Å². The van der Waals surface area contributed by atoms with Crippen molar-refractivity contribution < 1.29 is 14.7 Å². The lowest BCUT2D eigenvalue weighted by atomic mass is 10.1. The molecule has 4 nitrogen and oxygen atoms in total. The van der Waals surface area contributed by atoms with E-state index in [4.69, 9.17) is 28.3 Å². The molecule has 0 radical (unpaired) electrons. The minimum Gasteiger partial charge on any atom is -0.481 e. The predicted octanol–water partition coefficient (Wildman–Crippen LogP) is 3.81. The molecular weight excluding hydrogens is 325 g/mol. The van der Waals surface area contributed by atoms with E-state index in [2.05, 4.69) is 0 Å². The molecule has 1 aliphatic rings. The highest BCUT2D eigenvalue weighted by molar-refractivity contribution is 6.42. The van der Waals surface area contributed by atoms with Crippen molar-refractivity contribution in [1.82, 2.24) is 4.90 Å². The van der Waals surface area contributed by atoms with E-state index >= 15 is 0 Å². The number of benzene rings is 1. The summed E-state index contributed by atoms with van der Waals surface area (Å²) >= 11 is 12.2. The SMILES string of the molecule is CC(C)N(CCC(=O)O)C(=O)C1CC1c1cccc(Cl)c1Cl. The number of hydrogen-bond donors (Lipinski definition) is 1. The maximum Gasteiger partial charge on any atom is 0.305 e. The third kappa shape index (κ3) is 3.73. The molecule has 1 aromatic rings. The molecule has 2 rings (SSSR count). The van der Waals surface area contributed by atoms with E-state index in [-0.39, 0.29) is 36.8 Å². The van der Waals surface area contributed by atoms with E-state index in [9.17, 15) is 9.59 Å². The number of amides is 1. The fraction of sp³-hybridized carbons (Fsp3) is 0.500. The highest BCUT2D eigenvalue weighted by Gasteiger charge is 2.47. The molecule has 22 heavy (non-hydrogen) atoms. The van der Waals surface area contributed by atoms with Crippen molar-refractivity contribution in [3.8, 4) is 0 Å². The van der Waals surface area contributed by atoms with E-state index in [1.807, 2.05) is 26.0 Å². The molecule has 0 aliphatic heterocycles. The first-order valence-corrected chi connectivity index (χ1v) is 8.04. The molecule has 1 N–H and O–H groups in total. The molecule has 0 heterocycles. The molecule has 2 unspecified atom stereocenters. The van der Waals surface area contributed by atoms with Crippen molar-refractivity contribution in [2.75, 3.05) is 6.54 Å². The van der Waals surface area contributed by atoms with Gasteiger partial charge in [0.2, 0.25) is 5.91 Å². The summed E-state index contributed by atoms with van der Waals surface area (Å²) < 4.78 is 0. The van der Waals surface area contributed by atoms with Gasteiger partial charge in [0.05, 0.1) is 16.5 Å².